The van der Waals surface area contributed by atoms with Gasteiger partial charge in [0.25, 0.3) is 13.4 Å². The van der Waals surface area contributed by atoms with Gasteiger partial charge in [0.1, 0.15) is 23.0 Å². The van der Waals surface area contributed by atoms with Crippen molar-refractivity contribution in [1.29, 1.82) is 0 Å². The lowest BCUT2D eigenvalue weighted by Crippen LogP contribution is -2.63. The van der Waals surface area contributed by atoms with Crippen LogP contribution >= 0.6 is 11.3 Å². The van der Waals surface area contributed by atoms with Crippen LogP contribution in [0.3, 0.4) is 0 Å². The van der Waals surface area contributed by atoms with Gasteiger partial charge in [0.05, 0.1) is 11.4 Å². The number of ether oxygens (including phenoxy) is 2. The number of hydrogen-bond donors (Lipinski definition) is 0. The maximum absolute atomic E-state index is 7.61. The summed E-state index contributed by atoms with van der Waals surface area (Å²) in [6, 6.07) is 90.8. The van der Waals surface area contributed by atoms with Gasteiger partial charge in [-0.2, -0.15) is 0 Å². The molecule has 12 aromatic rings. The molecule has 0 fully saturated rings. The molecule has 11 aromatic carbocycles. The predicted octanol–water partition coefficient (Wildman–Crippen LogP) is 19.3. The first-order valence-electron chi connectivity index (χ1n) is 33.3. The van der Waals surface area contributed by atoms with E-state index in [1.165, 1.54) is 48.1 Å². The van der Waals surface area contributed by atoms with Crippen LogP contribution < -0.4 is 61.2 Å². The van der Waals surface area contributed by atoms with Crippen LogP contribution in [-0.4, -0.2) is 13.4 Å². The van der Waals surface area contributed by atoms with Gasteiger partial charge in [-0.25, -0.2) is 0 Å². The fourth-order valence-electron chi connectivity index (χ4n) is 16.8. The van der Waals surface area contributed by atoms with Crippen LogP contribution in [0.2, 0.25) is 0 Å². The minimum atomic E-state index is -0.173. The third-order valence-electron chi connectivity index (χ3n) is 21.8. The average molecular weight is 1220 g/mol. The molecule has 0 atom stereocenters. The molecule has 0 amide bonds. The Morgan fingerprint density at radius 3 is 1.32 bits per heavy atom. The quantitative estimate of drug-likeness (QED) is 0.141. The fraction of sp³-hybridized carbons (Fsp3) is 0.190. The Morgan fingerprint density at radius 2 is 0.785 bits per heavy atom. The van der Waals surface area contributed by atoms with E-state index in [1.807, 2.05) is 11.3 Å². The van der Waals surface area contributed by atoms with Crippen LogP contribution in [0.25, 0.3) is 10.1 Å². The summed E-state index contributed by atoms with van der Waals surface area (Å²) in [5.41, 5.74) is 24.8. The number of thiophene rings is 1. The average Bonchev–Trinajstić information content (AvgIpc) is 1.54. The summed E-state index contributed by atoms with van der Waals surface area (Å²) in [7, 11) is 0. The second kappa shape index (κ2) is 20.4. The first-order valence-corrected chi connectivity index (χ1v) is 34.1. The number of hydrogen-bond acceptors (Lipinski definition) is 7. The Bertz CT molecular complexity index is 5040. The molecule has 2 aliphatic carbocycles. The Morgan fingerprint density at radius 1 is 0.344 bits per heavy atom. The number of benzene rings is 11. The minimum Gasteiger partial charge on any atom is -0.458 e. The van der Waals surface area contributed by atoms with E-state index in [0.29, 0.717) is 0 Å². The van der Waals surface area contributed by atoms with Gasteiger partial charge in [-0.15, -0.1) is 11.3 Å². The number of fused-ring (bicyclic) bond motifs is 12. The molecule has 452 valence electrons. The van der Waals surface area contributed by atoms with Crippen molar-refractivity contribution in [3.63, 3.8) is 0 Å². The summed E-state index contributed by atoms with van der Waals surface area (Å²) < 4.78 is 17.4. The highest BCUT2D eigenvalue weighted by molar-refractivity contribution is 7.33. The van der Waals surface area contributed by atoms with Crippen molar-refractivity contribution in [3.05, 3.63) is 265 Å². The molecule has 0 spiro atoms. The highest BCUT2D eigenvalue weighted by atomic mass is 32.1. The molecule has 6 nitrogen and oxygen atoms in total. The molecular weight excluding hydrogens is 1150 g/mol. The molecule has 0 N–H and O–H groups in total. The monoisotopic (exact) mass is 1220 g/mol. The van der Waals surface area contributed by atoms with E-state index in [9.17, 15) is 0 Å². The molecule has 93 heavy (non-hydrogen) atoms. The zero-order valence-electron chi connectivity index (χ0n) is 54.1. The number of anilines is 12. The van der Waals surface area contributed by atoms with E-state index in [-0.39, 0.29) is 35.1 Å². The topological polar surface area (TPSA) is 31.4 Å². The van der Waals surface area contributed by atoms with Crippen molar-refractivity contribution in [2.75, 3.05) is 19.6 Å². The van der Waals surface area contributed by atoms with Gasteiger partial charge in [0, 0.05) is 83.9 Å². The molecule has 0 saturated heterocycles. The molecule has 0 bridgehead atoms. The molecule has 4 aliphatic heterocycles. The second-order valence-electron chi connectivity index (χ2n) is 29.3. The van der Waals surface area contributed by atoms with Crippen LogP contribution in [0.4, 0.5) is 68.2 Å². The van der Waals surface area contributed by atoms with E-state index in [0.717, 1.165) is 133 Å². The fourth-order valence-corrected chi connectivity index (χ4v) is 18.0. The van der Waals surface area contributed by atoms with Crippen molar-refractivity contribution in [2.45, 2.75) is 103 Å². The Balaban J connectivity index is 0.908. The Kier molecular flexibility index (Phi) is 12.3. The molecule has 0 saturated carbocycles. The van der Waals surface area contributed by atoms with Gasteiger partial charge < -0.3 is 29.1 Å². The van der Waals surface area contributed by atoms with E-state index < -0.39 is 0 Å². The number of nitrogens with zero attached hydrogens (tertiary/aromatic N) is 4. The molecule has 18 rings (SSSR count). The van der Waals surface area contributed by atoms with Crippen LogP contribution in [0.15, 0.2) is 243 Å². The van der Waals surface area contributed by atoms with E-state index in [1.54, 1.807) is 0 Å². The summed E-state index contributed by atoms with van der Waals surface area (Å²) in [6.45, 7) is 19.0. The zero-order valence-corrected chi connectivity index (χ0v) is 54.9. The molecule has 5 heterocycles. The van der Waals surface area contributed by atoms with Crippen LogP contribution in [0.5, 0.6) is 23.0 Å². The molecule has 6 aliphatic rings. The molecule has 0 radical (unpaired) electrons. The van der Waals surface area contributed by atoms with Crippen molar-refractivity contribution < 1.29 is 9.47 Å². The second-order valence-corrected chi connectivity index (χ2v) is 30.4. The maximum atomic E-state index is 7.61. The standard InChI is InChI=1S/C84H72B2N4O2S/c1-81(2)41-43-83(5,6)64-45-57(37-39-62(64)81)87(53-25-13-9-14-26-53)59-47-71-77-74(49-59)91-73-35-23-22-34-66(73)85(77)67-51-68-70(52-69(67)89(71)55-29-17-11-18-30-55)90(56-31-19-12-20-32-56)72-48-60(50-75-78(72)86(68)80-79(92-75)61-33-21-24-36-76(61)93-80)88(54-27-15-10-16-28-54)58-38-40-63-65(46-58)84(7,8)44-42-82(63,3)4/h9-40,45-52H,41-44H2,1-8H3. The van der Waals surface area contributed by atoms with Crippen LogP contribution in [0.1, 0.15) is 103 Å². The summed E-state index contributed by atoms with van der Waals surface area (Å²) in [4.78, 5) is 10.0. The van der Waals surface area contributed by atoms with Gasteiger partial charge >= 0.3 is 0 Å². The lowest BCUT2D eigenvalue weighted by atomic mass is 9.32. The molecular formula is C84H72B2N4O2S. The predicted molar refractivity (Wildman–Crippen MR) is 393 cm³/mol. The Hall–Kier alpha value is -9.69. The molecule has 0 unspecified atom stereocenters. The van der Waals surface area contributed by atoms with E-state index in [4.69, 9.17) is 9.47 Å². The van der Waals surface area contributed by atoms with Crippen LogP contribution in [0, 0.1) is 0 Å². The van der Waals surface area contributed by atoms with Crippen molar-refractivity contribution >= 4 is 135 Å². The lowest BCUT2D eigenvalue weighted by Gasteiger charge is -2.45. The van der Waals surface area contributed by atoms with Gasteiger partial charge in [0.15, 0.2) is 0 Å². The maximum Gasteiger partial charge on any atom is 0.268 e. The van der Waals surface area contributed by atoms with Crippen molar-refractivity contribution in [1.82, 2.24) is 0 Å². The Labute approximate surface area is 551 Å². The normalized spacial score (nSPS) is 16.6. The molecule has 9 heteroatoms. The molecule has 1 aromatic heterocycles. The first kappa shape index (κ1) is 56.1. The summed E-state index contributed by atoms with van der Waals surface area (Å²) in [5.74, 6) is 3.53. The first-order chi connectivity index (χ1) is 45.1. The third kappa shape index (κ3) is 8.61. The van der Waals surface area contributed by atoms with Gasteiger partial charge in [-0.3, -0.25) is 0 Å². The van der Waals surface area contributed by atoms with Crippen molar-refractivity contribution in [3.8, 4) is 23.0 Å². The van der Waals surface area contributed by atoms with Gasteiger partial charge in [-0.05, 0) is 206 Å². The number of para-hydroxylation sites is 5. The van der Waals surface area contributed by atoms with E-state index >= 15 is 0 Å². The summed E-state index contributed by atoms with van der Waals surface area (Å²) >= 11 is 1.87. The van der Waals surface area contributed by atoms with Gasteiger partial charge in [0.2, 0.25) is 0 Å². The number of rotatable bonds is 8. The third-order valence-corrected chi connectivity index (χ3v) is 23.0. The summed E-state index contributed by atoms with van der Waals surface area (Å²) in [5, 5.41) is 1.13. The lowest BCUT2D eigenvalue weighted by molar-refractivity contribution is 0.332. The smallest absolute Gasteiger partial charge is 0.268 e. The summed E-state index contributed by atoms with van der Waals surface area (Å²) in [6.07, 6.45) is 4.56. The van der Waals surface area contributed by atoms with Crippen LogP contribution in [-0.2, 0) is 21.7 Å². The highest BCUT2D eigenvalue weighted by Crippen LogP contribution is 2.54. The highest BCUT2D eigenvalue weighted by Gasteiger charge is 2.49. The minimum absolute atomic E-state index is 0.00652. The van der Waals surface area contributed by atoms with E-state index in [2.05, 4.69) is 318 Å². The zero-order chi connectivity index (χ0) is 62.9. The van der Waals surface area contributed by atoms with Gasteiger partial charge in [-0.1, -0.05) is 177 Å². The van der Waals surface area contributed by atoms with Crippen molar-refractivity contribution in [2.24, 2.45) is 0 Å². The largest absolute Gasteiger partial charge is 0.458 e. The SMILES string of the molecule is CC1(C)CCC(C)(C)c2cc(N(c3ccccc3)c3cc4c5c(c3)N(c3ccccc3)c3cc6c(cc3B5c3ccccc3O4)B3c4sc5ccccc5c4Oc4cc(N(c5ccccc5)c5ccc7c(c5)C(C)(C)CCC7(C)C)cc(c43)N6c3ccccc3)ccc21.